The van der Waals surface area contributed by atoms with Crippen LogP contribution in [0.3, 0.4) is 0 Å². The summed E-state index contributed by atoms with van der Waals surface area (Å²) in [5, 5.41) is 11.3. The summed E-state index contributed by atoms with van der Waals surface area (Å²) >= 11 is 0. The summed E-state index contributed by atoms with van der Waals surface area (Å²) in [7, 11) is 0. The fourth-order valence-corrected chi connectivity index (χ4v) is 4.69. The molecule has 0 heterocycles. The van der Waals surface area contributed by atoms with Gasteiger partial charge in [-0.05, 0) is 56.0 Å². The standard InChI is InChI=1S/C20H11N9/c21-27-24-15-9-14-16-10-5-1-3-7-12(10)17(13-8-4-2-6-11(13)16)18(14)20(26-29-23)19(15)25-28-22/h1-9,16-17H. The Bertz CT molecular complexity index is 1290. The van der Waals surface area contributed by atoms with Crippen LogP contribution in [0.5, 0.6) is 0 Å². The fraction of sp³-hybridized carbons (Fsp3) is 0.100. The van der Waals surface area contributed by atoms with Crippen molar-refractivity contribution in [3.05, 3.63) is 119 Å². The predicted octanol–water partition coefficient (Wildman–Crippen LogP) is 7.50. The van der Waals surface area contributed by atoms with Crippen molar-refractivity contribution < 1.29 is 0 Å². The molecule has 9 nitrogen and oxygen atoms in total. The highest BCUT2D eigenvalue weighted by molar-refractivity contribution is 5.85. The Morgan fingerprint density at radius 2 is 1.07 bits per heavy atom. The summed E-state index contributed by atoms with van der Waals surface area (Å²) in [5.41, 5.74) is 33.9. The molecule has 0 saturated carbocycles. The van der Waals surface area contributed by atoms with E-state index in [-0.39, 0.29) is 28.9 Å². The van der Waals surface area contributed by atoms with E-state index in [1.165, 1.54) is 11.1 Å². The third-order valence-electron chi connectivity index (χ3n) is 5.60. The monoisotopic (exact) mass is 377 g/mol. The zero-order valence-electron chi connectivity index (χ0n) is 14.9. The minimum atomic E-state index is -0.171. The first-order valence-corrected chi connectivity index (χ1v) is 8.83. The molecule has 0 N–H and O–H groups in total. The third-order valence-corrected chi connectivity index (χ3v) is 5.60. The van der Waals surface area contributed by atoms with Gasteiger partial charge in [0.1, 0.15) is 0 Å². The lowest BCUT2D eigenvalue weighted by molar-refractivity contribution is 0.755. The molecule has 0 amide bonds. The normalized spacial score (nSPS) is 17.0. The van der Waals surface area contributed by atoms with Crippen LogP contribution in [-0.4, -0.2) is 0 Å². The molecule has 3 aromatic carbocycles. The Morgan fingerprint density at radius 3 is 1.59 bits per heavy atom. The van der Waals surface area contributed by atoms with E-state index < -0.39 is 0 Å². The van der Waals surface area contributed by atoms with E-state index in [0.717, 1.165) is 22.3 Å². The molecule has 0 saturated heterocycles. The number of benzene rings is 3. The van der Waals surface area contributed by atoms with Crippen LogP contribution < -0.4 is 0 Å². The molecule has 3 aliphatic rings. The Kier molecular flexibility index (Phi) is 3.66. The Balaban J connectivity index is 1.97. The lowest BCUT2D eigenvalue weighted by Gasteiger charge is -2.43. The molecule has 6 rings (SSSR count). The number of nitrogens with zero attached hydrogens (tertiary/aromatic N) is 9. The quantitative estimate of drug-likeness (QED) is 0.174. The van der Waals surface area contributed by atoms with Gasteiger partial charge in [0.2, 0.25) is 0 Å². The van der Waals surface area contributed by atoms with Crippen molar-refractivity contribution in [2.24, 2.45) is 15.3 Å². The molecule has 0 fully saturated rings. The van der Waals surface area contributed by atoms with Gasteiger partial charge < -0.3 is 0 Å². The van der Waals surface area contributed by atoms with Crippen LogP contribution in [0.4, 0.5) is 17.1 Å². The minimum absolute atomic E-state index is 0.0457. The number of hydrogen-bond donors (Lipinski definition) is 0. The molecule has 0 spiro atoms. The molecule has 0 radical (unpaired) electrons. The van der Waals surface area contributed by atoms with Gasteiger partial charge in [0.15, 0.2) is 0 Å². The van der Waals surface area contributed by atoms with Crippen LogP contribution in [-0.2, 0) is 0 Å². The van der Waals surface area contributed by atoms with Gasteiger partial charge in [-0.25, -0.2) is 0 Å². The SMILES string of the molecule is [N-]=[N+]=Nc1cc2c(c(N=[N+]=[N-])c1N=[N+]=[N-])C1c3ccccc3C2c2ccccc21. The van der Waals surface area contributed by atoms with Crippen LogP contribution in [0, 0.1) is 0 Å². The van der Waals surface area contributed by atoms with Gasteiger partial charge in [0, 0.05) is 32.3 Å². The van der Waals surface area contributed by atoms with Crippen LogP contribution in [0.25, 0.3) is 31.3 Å². The molecule has 0 aliphatic heterocycles. The van der Waals surface area contributed by atoms with Crippen molar-refractivity contribution in [1.29, 1.82) is 0 Å². The van der Waals surface area contributed by atoms with Gasteiger partial charge >= 0.3 is 0 Å². The third kappa shape index (κ3) is 2.21. The Hall–Kier alpha value is -4.41. The second-order valence-corrected chi connectivity index (χ2v) is 6.79. The predicted molar refractivity (Wildman–Crippen MR) is 108 cm³/mol. The van der Waals surface area contributed by atoms with E-state index in [0.29, 0.717) is 0 Å². The Morgan fingerprint density at radius 1 is 0.586 bits per heavy atom. The average Bonchev–Trinajstić information content (AvgIpc) is 2.76. The second kappa shape index (κ2) is 6.34. The maximum Gasteiger partial charge on any atom is 0.0569 e. The molecule has 29 heavy (non-hydrogen) atoms. The molecule has 0 aromatic heterocycles. The van der Waals surface area contributed by atoms with Crippen molar-refractivity contribution in [3.8, 4) is 0 Å². The lowest BCUT2D eigenvalue weighted by atomic mass is 9.60. The molecular weight excluding hydrogens is 366 g/mol. The fourth-order valence-electron chi connectivity index (χ4n) is 4.69. The highest BCUT2D eigenvalue weighted by atomic mass is 15.2. The number of hydrogen-bond acceptors (Lipinski definition) is 3. The first kappa shape index (κ1) is 16.7. The Labute approximate surface area is 164 Å². The zero-order valence-corrected chi connectivity index (χ0v) is 14.9. The van der Waals surface area contributed by atoms with E-state index in [4.69, 9.17) is 11.1 Å². The largest absolute Gasteiger partial charge is 0.0619 e. The first-order chi connectivity index (χ1) is 14.3. The van der Waals surface area contributed by atoms with Gasteiger partial charge in [0.25, 0.3) is 0 Å². The summed E-state index contributed by atoms with van der Waals surface area (Å²) in [5.74, 6) is -0.265. The number of azide groups is 3. The van der Waals surface area contributed by atoms with Crippen LogP contribution in [0.2, 0.25) is 0 Å². The molecule has 3 aromatic rings. The van der Waals surface area contributed by atoms with Gasteiger partial charge in [-0.3, -0.25) is 0 Å². The van der Waals surface area contributed by atoms with Gasteiger partial charge in [-0.1, -0.05) is 63.9 Å². The van der Waals surface area contributed by atoms with E-state index in [9.17, 15) is 5.53 Å². The van der Waals surface area contributed by atoms with Crippen LogP contribution in [0.1, 0.15) is 45.2 Å². The molecule has 136 valence electrons. The van der Waals surface area contributed by atoms with E-state index in [2.05, 4.69) is 54.3 Å². The number of rotatable bonds is 3. The summed E-state index contributed by atoms with van der Waals surface area (Å²) < 4.78 is 0. The smallest absolute Gasteiger partial charge is 0.0569 e. The van der Waals surface area contributed by atoms with Gasteiger partial charge in [0.05, 0.1) is 11.4 Å². The minimum Gasteiger partial charge on any atom is -0.0619 e. The lowest BCUT2D eigenvalue weighted by Crippen LogP contribution is -2.27. The maximum atomic E-state index is 9.22. The van der Waals surface area contributed by atoms with Gasteiger partial charge in [-0.15, -0.1) is 0 Å². The summed E-state index contributed by atoms with van der Waals surface area (Å²) in [6.07, 6.45) is 0. The van der Waals surface area contributed by atoms with Crippen molar-refractivity contribution >= 4 is 17.1 Å². The van der Waals surface area contributed by atoms with Crippen molar-refractivity contribution in [3.63, 3.8) is 0 Å². The first-order valence-electron chi connectivity index (χ1n) is 8.83. The molecule has 0 unspecified atom stereocenters. The van der Waals surface area contributed by atoms with Crippen molar-refractivity contribution in [2.45, 2.75) is 11.8 Å². The van der Waals surface area contributed by atoms with Crippen molar-refractivity contribution in [1.82, 2.24) is 0 Å². The molecule has 3 aliphatic carbocycles. The zero-order chi connectivity index (χ0) is 20.0. The maximum absolute atomic E-state index is 9.22. The van der Waals surface area contributed by atoms with Crippen molar-refractivity contribution in [2.75, 3.05) is 0 Å². The highest BCUT2D eigenvalue weighted by Gasteiger charge is 2.42. The molecule has 2 bridgehead atoms. The summed E-state index contributed by atoms with van der Waals surface area (Å²) in [6, 6.07) is 18.0. The van der Waals surface area contributed by atoms with Gasteiger partial charge in [-0.2, -0.15) is 0 Å². The van der Waals surface area contributed by atoms with Crippen LogP contribution in [0.15, 0.2) is 69.9 Å². The molecule has 9 heteroatoms. The summed E-state index contributed by atoms with van der Waals surface area (Å²) in [4.78, 5) is 8.67. The van der Waals surface area contributed by atoms with E-state index in [1.54, 1.807) is 6.07 Å². The van der Waals surface area contributed by atoms with E-state index >= 15 is 0 Å². The second-order valence-electron chi connectivity index (χ2n) is 6.79. The molecular formula is C20H11N9. The average molecular weight is 377 g/mol. The topological polar surface area (TPSA) is 146 Å². The van der Waals surface area contributed by atoms with Crippen LogP contribution >= 0.6 is 0 Å². The highest BCUT2D eigenvalue weighted by Crippen LogP contribution is 2.60. The molecule has 0 atom stereocenters. The summed E-state index contributed by atoms with van der Waals surface area (Å²) in [6.45, 7) is 0. The van der Waals surface area contributed by atoms with E-state index in [1.807, 2.05) is 24.3 Å².